The number of amides is 2. The molecule has 2 amide bonds. The molecule has 2 bridgehead atoms. The molecule has 0 aromatic heterocycles. The molecule has 2 N–H and O–H groups in total. The van der Waals surface area contributed by atoms with Crippen LogP contribution in [0.4, 0.5) is 0 Å². The second kappa shape index (κ2) is 7.09. The Hall–Kier alpha value is -2.37. The van der Waals surface area contributed by atoms with Gasteiger partial charge in [0, 0.05) is 11.1 Å². The van der Waals surface area contributed by atoms with E-state index in [0.717, 1.165) is 18.6 Å². The minimum Gasteiger partial charge on any atom is -0.484 e. The SMILES string of the molecule is CC1(C)[C@@H]2CC[C@]1(C)/C(=N/NC(=O)CNC(=O)COc1ccccc1)C2. The fourth-order valence-corrected chi connectivity index (χ4v) is 4.16. The van der Waals surface area contributed by atoms with Gasteiger partial charge in [-0.1, -0.05) is 39.0 Å². The number of ether oxygens (including phenoxy) is 1. The van der Waals surface area contributed by atoms with Gasteiger partial charge in [0.05, 0.1) is 6.54 Å². The Morgan fingerprint density at radius 3 is 2.54 bits per heavy atom. The van der Waals surface area contributed by atoms with Crippen molar-refractivity contribution >= 4 is 17.5 Å². The standard InChI is InChI=1S/C20H27N3O3/c1-19(2)14-9-10-20(19,3)16(11-14)22-23-17(24)12-21-18(25)13-26-15-7-5-4-6-8-15/h4-8,14H,9-13H2,1-3H3,(H,21,25)(H,23,24)/b22-16+/t14-,20-/m1/s1. The first kappa shape index (κ1) is 18.4. The van der Waals surface area contributed by atoms with Gasteiger partial charge in [0.1, 0.15) is 5.75 Å². The average Bonchev–Trinajstić information content (AvgIpc) is 2.97. The van der Waals surface area contributed by atoms with Crippen molar-refractivity contribution in [1.29, 1.82) is 0 Å². The molecule has 1 aromatic rings. The van der Waals surface area contributed by atoms with Crippen LogP contribution in [0, 0.1) is 16.7 Å². The number of carbonyl (C=O) groups is 2. The third-order valence-electron chi connectivity index (χ3n) is 6.39. The van der Waals surface area contributed by atoms with Crippen LogP contribution in [0.15, 0.2) is 35.4 Å². The average molecular weight is 357 g/mol. The fourth-order valence-electron chi connectivity index (χ4n) is 4.16. The highest BCUT2D eigenvalue weighted by molar-refractivity contribution is 5.95. The summed E-state index contributed by atoms with van der Waals surface area (Å²) < 4.78 is 5.34. The first-order valence-corrected chi connectivity index (χ1v) is 9.13. The second-order valence-corrected chi connectivity index (χ2v) is 7.97. The Kier molecular flexibility index (Phi) is 5.03. The molecular formula is C20H27N3O3. The molecule has 0 saturated heterocycles. The van der Waals surface area contributed by atoms with E-state index in [4.69, 9.17) is 4.74 Å². The Bertz CT molecular complexity index is 714. The van der Waals surface area contributed by atoms with E-state index >= 15 is 0 Å². The molecule has 2 aliphatic carbocycles. The van der Waals surface area contributed by atoms with Crippen LogP contribution in [-0.4, -0.2) is 30.7 Å². The van der Waals surface area contributed by atoms with Crippen LogP contribution in [0.25, 0.3) is 0 Å². The maximum absolute atomic E-state index is 12.0. The van der Waals surface area contributed by atoms with Crippen molar-refractivity contribution in [2.45, 2.75) is 40.0 Å². The van der Waals surface area contributed by atoms with Crippen LogP contribution >= 0.6 is 0 Å². The number of para-hydroxylation sites is 1. The molecule has 6 nitrogen and oxygen atoms in total. The van der Waals surface area contributed by atoms with Crippen LogP contribution < -0.4 is 15.5 Å². The van der Waals surface area contributed by atoms with Gasteiger partial charge in [0.15, 0.2) is 6.61 Å². The number of benzene rings is 1. The summed E-state index contributed by atoms with van der Waals surface area (Å²) in [7, 11) is 0. The summed E-state index contributed by atoms with van der Waals surface area (Å²) in [4.78, 5) is 23.7. The summed E-state index contributed by atoms with van der Waals surface area (Å²) in [6, 6.07) is 9.08. The number of hydrogen-bond acceptors (Lipinski definition) is 4. The lowest BCUT2D eigenvalue weighted by Crippen LogP contribution is -2.39. The highest BCUT2D eigenvalue weighted by atomic mass is 16.5. The van der Waals surface area contributed by atoms with E-state index in [-0.39, 0.29) is 35.8 Å². The highest BCUT2D eigenvalue weighted by Crippen LogP contribution is 2.63. The van der Waals surface area contributed by atoms with Gasteiger partial charge in [-0.25, -0.2) is 5.43 Å². The van der Waals surface area contributed by atoms with E-state index in [0.29, 0.717) is 11.7 Å². The summed E-state index contributed by atoms with van der Waals surface area (Å²) in [6.07, 6.45) is 3.29. The largest absolute Gasteiger partial charge is 0.484 e. The lowest BCUT2D eigenvalue weighted by Gasteiger charge is -2.34. The Morgan fingerprint density at radius 1 is 1.19 bits per heavy atom. The van der Waals surface area contributed by atoms with Gasteiger partial charge in [-0.3, -0.25) is 9.59 Å². The van der Waals surface area contributed by atoms with Gasteiger partial charge >= 0.3 is 0 Å². The van der Waals surface area contributed by atoms with Crippen molar-refractivity contribution in [3.63, 3.8) is 0 Å². The maximum atomic E-state index is 12.0. The van der Waals surface area contributed by atoms with E-state index in [1.807, 2.05) is 18.2 Å². The molecule has 2 aliphatic rings. The van der Waals surface area contributed by atoms with Gasteiger partial charge in [0.25, 0.3) is 11.8 Å². The molecule has 0 heterocycles. The lowest BCUT2D eigenvalue weighted by atomic mass is 9.70. The first-order chi connectivity index (χ1) is 12.3. The summed E-state index contributed by atoms with van der Waals surface area (Å²) in [5, 5.41) is 6.92. The minimum atomic E-state index is -0.343. The molecule has 140 valence electrons. The van der Waals surface area contributed by atoms with Crippen LogP contribution in [0.1, 0.15) is 40.0 Å². The molecule has 6 heteroatoms. The van der Waals surface area contributed by atoms with Crippen LogP contribution in [0.3, 0.4) is 0 Å². The Labute approximate surface area is 154 Å². The molecule has 0 unspecified atom stereocenters. The molecule has 2 fully saturated rings. The van der Waals surface area contributed by atoms with E-state index in [1.165, 1.54) is 6.42 Å². The van der Waals surface area contributed by atoms with Crippen molar-refractivity contribution in [1.82, 2.24) is 10.7 Å². The third-order valence-corrected chi connectivity index (χ3v) is 6.39. The zero-order valence-electron chi connectivity index (χ0n) is 15.7. The Balaban J connectivity index is 1.43. The predicted molar refractivity (Wildman–Crippen MR) is 99.8 cm³/mol. The van der Waals surface area contributed by atoms with Gasteiger partial charge in [-0.2, -0.15) is 5.10 Å². The van der Waals surface area contributed by atoms with Gasteiger partial charge in [-0.15, -0.1) is 0 Å². The molecule has 1 aromatic carbocycles. The molecule has 2 atom stereocenters. The second-order valence-electron chi connectivity index (χ2n) is 7.97. The third kappa shape index (κ3) is 3.45. The molecule has 0 spiro atoms. The maximum Gasteiger partial charge on any atom is 0.259 e. The van der Waals surface area contributed by atoms with Gasteiger partial charge in [0.2, 0.25) is 0 Å². The van der Waals surface area contributed by atoms with E-state index in [1.54, 1.807) is 12.1 Å². The van der Waals surface area contributed by atoms with Gasteiger partial charge in [-0.05, 0) is 42.7 Å². The summed E-state index contributed by atoms with van der Waals surface area (Å²) in [5.74, 6) is 0.586. The Morgan fingerprint density at radius 2 is 1.92 bits per heavy atom. The topological polar surface area (TPSA) is 79.8 Å². The highest BCUT2D eigenvalue weighted by Gasteiger charge is 2.59. The van der Waals surface area contributed by atoms with Crippen LogP contribution in [-0.2, 0) is 9.59 Å². The zero-order valence-corrected chi connectivity index (χ0v) is 15.7. The number of nitrogens with zero attached hydrogens (tertiary/aromatic N) is 1. The summed E-state index contributed by atoms with van der Waals surface area (Å²) in [6.45, 7) is 6.59. The number of carbonyl (C=O) groups excluding carboxylic acids is 2. The monoisotopic (exact) mass is 357 g/mol. The summed E-state index contributed by atoms with van der Waals surface area (Å²) in [5.41, 5.74) is 3.95. The first-order valence-electron chi connectivity index (χ1n) is 9.13. The molecule has 0 radical (unpaired) electrons. The number of rotatable bonds is 6. The normalized spacial score (nSPS) is 27.3. The van der Waals surface area contributed by atoms with E-state index in [9.17, 15) is 9.59 Å². The van der Waals surface area contributed by atoms with Crippen LogP contribution in [0.2, 0.25) is 0 Å². The van der Waals surface area contributed by atoms with E-state index in [2.05, 4.69) is 36.6 Å². The number of hydrogen-bond donors (Lipinski definition) is 2. The van der Waals surface area contributed by atoms with Crippen molar-refractivity contribution < 1.29 is 14.3 Å². The quantitative estimate of drug-likeness (QED) is 0.768. The van der Waals surface area contributed by atoms with Crippen molar-refractivity contribution in [3.05, 3.63) is 30.3 Å². The minimum absolute atomic E-state index is 0.0533. The smallest absolute Gasteiger partial charge is 0.259 e. The zero-order chi connectivity index (χ0) is 18.8. The van der Waals surface area contributed by atoms with Crippen molar-refractivity contribution in [2.75, 3.05) is 13.2 Å². The fraction of sp³-hybridized carbons (Fsp3) is 0.550. The summed E-state index contributed by atoms with van der Waals surface area (Å²) >= 11 is 0. The molecule has 26 heavy (non-hydrogen) atoms. The molecule has 2 saturated carbocycles. The van der Waals surface area contributed by atoms with Gasteiger partial charge < -0.3 is 10.1 Å². The molecule has 3 rings (SSSR count). The van der Waals surface area contributed by atoms with Crippen LogP contribution in [0.5, 0.6) is 5.75 Å². The molecule has 0 aliphatic heterocycles. The number of hydrazone groups is 1. The lowest BCUT2D eigenvalue weighted by molar-refractivity contribution is -0.127. The van der Waals surface area contributed by atoms with Crippen molar-refractivity contribution in [2.24, 2.45) is 21.8 Å². The molecular weight excluding hydrogens is 330 g/mol. The van der Waals surface area contributed by atoms with E-state index < -0.39 is 0 Å². The number of nitrogens with one attached hydrogen (secondary N) is 2. The van der Waals surface area contributed by atoms with Crippen molar-refractivity contribution in [3.8, 4) is 5.75 Å². The number of fused-ring (bicyclic) bond motifs is 2. The predicted octanol–water partition coefficient (Wildman–Crippen LogP) is 2.50.